The molecule has 0 aliphatic rings. The van der Waals surface area contributed by atoms with Crippen LogP contribution < -0.4 is 10.6 Å². The van der Waals surface area contributed by atoms with Gasteiger partial charge in [0.2, 0.25) is 0 Å². The van der Waals surface area contributed by atoms with E-state index in [4.69, 9.17) is 4.74 Å². The predicted molar refractivity (Wildman–Crippen MR) is 121 cm³/mol. The van der Waals surface area contributed by atoms with Gasteiger partial charge in [0.25, 0.3) is 11.8 Å². The fraction of sp³-hybridized carbons (Fsp3) is 0.250. The highest BCUT2D eigenvalue weighted by Gasteiger charge is 2.17. The Labute approximate surface area is 194 Å². The maximum atomic E-state index is 13.6. The molecule has 3 rings (SSSR count). The number of amides is 2. The minimum absolute atomic E-state index is 0.141. The second-order valence-corrected chi connectivity index (χ2v) is 7.63. The van der Waals surface area contributed by atoms with Crippen molar-refractivity contribution in [1.29, 1.82) is 0 Å². The topological polar surface area (TPSA) is 102 Å². The second kappa shape index (κ2) is 10.7. The van der Waals surface area contributed by atoms with Crippen molar-refractivity contribution in [2.45, 2.75) is 27.2 Å². The largest absolute Gasteiger partial charge is 0.456 e. The van der Waals surface area contributed by atoms with Gasteiger partial charge >= 0.3 is 5.97 Å². The van der Waals surface area contributed by atoms with E-state index >= 15 is 0 Å². The first-order chi connectivity index (χ1) is 16.2. The minimum Gasteiger partial charge on any atom is -0.456 e. The number of nitrogens with one attached hydrogen (secondary N) is 2. The van der Waals surface area contributed by atoms with Crippen LogP contribution in [-0.2, 0) is 14.3 Å². The molecule has 3 aromatic rings. The number of hydrogen-bond acceptors (Lipinski definition) is 5. The molecule has 0 unspecified atom stereocenters. The fourth-order valence-electron chi connectivity index (χ4n) is 3.20. The molecule has 2 aromatic carbocycles. The summed E-state index contributed by atoms with van der Waals surface area (Å²) in [5.74, 6) is -3.87. The number of aromatic nitrogens is 2. The number of carbonyl (C=O) groups excluding carboxylic acids is 3. The molecule has 0 fully saturated rings. The number of rotatable bonds is 8. The van der Waals surface area contributed by atoms with Crippen molar-refractivity contribution >= 4 is 23.5 Å². The van der Waals surface area contributed by atoms with Gasteiger partial charge in [0.1, 0.15) is 11.6 Å². The highest BCUT2D eigenvalue weighted by atomic mass is 19.1. The predicted octanol–water partition coefficient (Wildman–Crippen LogP) is 3.38. The lowest BCUT2D eigenvalue weighted by molar-refractivity contribution is -0.147. The number of esters is 1. The first-order valence-corrected chi connectivity index (χ1v) is 10.5. The van der Waals surface area contributed by atoms with Crippen LogP contribution in [0.2, 0.25) is 0 Å². The monoisotopic (exact) mass is 470 g/mol. The molecule has 2 amide bonds. The quantitative estimate of drug-likeness (QED) is 0.492. The van der Waals surface area contributed by atoms with E-state index in [9.17, 15) is 23.2 Å². The molecule has 10 heteroatoms. The molecule has 34 heavy (non-hydrogen) atoms. The summed E-state index contributed by atoms with van der Waals surface area (Å²) in [5, 5.41) is 9.50. The van der Waals surface area contributed by atoms with Crippen LogP contribution in [0.1, 0.15) is 33.7 Å². The molecule has 0 radical (unpaired) electrons. The first kappa shape index (κ1) is 24.6. The van der Waals surface area contributed by atoms with Crippen molar-refractivity contribution in [3.63, 3.8) is 0 Å². The van der Waals surface area contributed by atoms with Gasteiger partial charge in [0.15, 0.2) is 6.61 Å². The van der Waals surface area contributed by atoms with Gasteiger partial charge in [-0.2, -0.15) is 5.10 Å². The van der Waals surface area contributed by atoms with Crippen molar-refractivity contribution in [2.75, 3.05) is 18.5 Å². The van der Waals surface area contributed by atoms with Gasteiger partial charge in [-0.25, -0.2) is 13.5 Å². The zero-order chi connectivity index (χ0) is 24.8. The van der Waals surface area contributed by atoms with Gasteiger partial charge in [0, 0.05) is 12.6 Å². The van der Waals surface area contributed by atoms with Gasteiger partial charge in [-0.15, -0.1) is 0 Å². The van der Waals surface area contributed by atoms with E-state index in [1.165, 1.54) is 0 Å². The van der Waals surface area contributed by atoms with Crippen molar-refractivity contribution < 1.29 is 27.9 Å². The molecule has 0 atom stereocenters. The van der Waals surface area contributed by atoms with Crippen LogP contribution in [-0.4, -0.2) is 40.7 Å². The first-order valence-electron chi connectivity index (χ1n) is 10.5. The molecule has 0 saturated carbocycles. The molecule has 0 spiro atoms. The second-order valence-electron chi connectivity index (χ2n) is 7.63. The van der Waals surface area contributed by atoms with Crippen molar-refractivity contribution in [2.24, 2.45) is 0 Å². The summed E-state index contributed by atoms with van der Waals surface area (Å²) in [6, 6.07) is 10.3. The summed E-state index contributed by atoms with van der Waals surface area (Å²) in [6.07, 6.45) is -0.231. The molecule has 8 nitrogen and oxygen atoms in total. The van der Waals surface area contributed by atoms with E-state index in [0.717, 1.165) is 29.1 Å². The minimum atomic E-state index is -1.01. The number of anilines is 1. The molecule has 0 bridgehead atoms. The SMILES string of the molecule is Cc1ccc(-n2nc(C)c(NC(=O)COC(=O)CCNC(=O)c3ccc(F)cc3F)c2C)cc1. The Kier molecular flexibility index (Phi) is 7.72. The molecule has 2 N–H and O–H groups in total. The number of halogens is 2. The van der Waals surface area contributed by atoms with E-state index in [-0.39, 0.29) is 18.5 Å². The summed E-state index contributed by atoms with van der Waals surface area (Å²) in [7, 11) is 0. The molecule has 0 saturated heterocycles. The van der Waals surface area contributed by atoms with E-state index in [2.05, 4.69) is 15.7 Å². The van der Waals surface area contributed by atoms with Gasteiger partial charge < -0.3 is 15.4 Å². The van der Waals surface area contributed by atoms with Gasteiger partial charge in [-0.3, -0.25) is 14.4 Å². The lowest BCUT2D eigenvalue weighted by Gasteiger charge is -2.09. The third kappa shape index (κ3) is 6.03. The van der Waals surface area contributed by atoms with Gasteiger partial charge in [0.05, 0.1) is 34.7 Å². The van der Waals surface area contributed by atoms with Crippen LogP contribution in [0.5, 0.6) is 0 Å². The van der Waals surface area contributed by atoms with E-state index in [0.29, 0.717) is 17.4 Å². The maximum Gasteiger partial charge on any atom is 0.308 e. The standard InChI is InChI=1S/C24H24F2N4O4/c1-14-4-7-18(8-5-14)30-16(3)23(15(2)29-30)28-21(31)13-34-22(32)10-11-27-24(33)19-9-6-17(25)12-20(19)26/h4-9,12H,10-11,13H2,1-3H3,(H,27,33)(H,28,31). The van der Waals surface area contributed by atoms with Gasteiger partial charge in [-0.1, -0.05) is 17.7 Å². The van der Waals surface area contributed by atoms with Crippen LogP contribution >= 0.6 is 0 Å². The number of benzene rings is 2. The summed E-state index contributed by atoms with van der Waals surface area (Å²) in [6.45, 7) is 4.89. The molecule has 178 valence electrons. The Morgan fingerprint density at radius 3 is 2.41 bits per heavy atom. The maximum absolute atomic E-state index is 13.6. The van der Waals surface area contributed by atoms with E-state index in [1.807, 2.05) is 38.1 Å². The third-order valence-corrected chi connectivity index (χ3v) is 4.99. The summed E-state index contributed by atoms with van der Waals surface area (Å²) in [5.41, 5.74) is 3.47. The summed E-state index contributed by atoms with van der Waals surface area (Å²) >= 11 is 0. The molecule has 1 aromatic heterocycles. The number of ether oxygens (including phenoxy) is 1. The van der Waals surface area contributed by atoms with E-state index in [1.54, 1.807) is 11.6 Å². The van der Waals surface area contributed by atoms with Gasteiger partial charge in [-0.05, 0) is 45.0 Å². The Bertz CT molecular complexity index is 1220. The lowest BCUT2D eigenvalue weighted by Crippen LogP contribution is -2.28. The zero-order valence-electron chi connectivity index (χ0n) is 18.9. The molecular formula is C24H24F2N4O4. The number of carbonyl (C=O) groups is 3. The average molecular weight is 470 g/mol. The normalized spacial score (nSPS) is 10.6. The summed E-state index contributed by atoms with van der Waals surface area (Å²) < 4.78 is 33.2. The fourth-order valence-corrected chi connectivity index (χ4v) is 3.20. The Morgan fingerprint density at radius 1 is 1.03 bits per heavy atom. The van der Waals surface area contributed by atoms with Crippen molar-refractivity contribution in [3.05, 3.63) is 76.6 Å². The van der Waals surface area contributed by atoms with Crippen LogP contribution in [0.25, 0.3) is 5.69 Å². The number of aryl methyl sites for hydroxylation is 2. The summed E-state index contributed by atoms with van der Waals surface area (Å²) in [4.78, 5) is 36.1. The van der Waals surface area contributed by atoms with Crippen LogP contribution in [0.3, 0.4) is 0 Å². The number of nitrogens with zero attached hydrogens (tertiary/aromatic N) is 2. The van der Waals surface area contributed by atoms with Crippen molar-refractivity contribution in [3.8, 4) is 5.69 Å². The zero-order valence-corrected chi connectivity index (χ0v) is 18.9. The Hall–Kier alpha value is -4.08. The highest BCUT2D eigenvalue weighted by Crippen LogP contribution is 2.23. The van der Waals surface area contributed by atoms with Crippen LogP contribution in [0.4, 0.5) is 14.5 Å². The Balaban J connectivity index is 1.47. The third-order valence-electron chi connectivity index (χ3n) is 4.99. The van der Waals surface area contributed by atoms with Crippen LogP contribution in [0.15, 0.2) is 42.5 Å². The molecule has 0 aliphatic heterocycles. The van der Waals surface area contributed by atoms with Crippen LogP contribution in [0, 0.1) is 32.4 Å². The van der Waals surface area contributed by atoms with E-state index < -0.39 is 36.0 Å². The average Bonchev–Trinajstić information content (AvgIpc) is 3.06. The number of hydrogen-bond donors (Lipinski definition) is 2. The highest BCUT2D eigenvalue weighted by molar-refractivity contribution is 5.95. The molecule has 1 heterocycles. The van der Waals surface area contributed by atoms with Crippen molar-refractivity contribution in [1.82, 2.24) is 15.1 Å². The smallest absolute Gasteiger partial charge is 0.308 e. The lowest BCUT2D eigenvalue weighted by atomic mass is 10.2. The molecule has 0 aliphatic carbocycles. The molecular weight excluding hydrogens is 446 g/mol. The Morgan fingerprint density at radius 2 is 1.74 bits per heavy atom.